The van der Waals surface area contributed by atoms with Crippen LogP contribution in [0.1, 0.15) is 0 Å². The van der Waals surface area contributed by atoms with Crippen LogP contribution in [0.15, 0.2) is 28.7 Å². The molecule has 1 aliphatic heterocycles. The number of hydrogen-bond acceptors (Lipinski definition) is 4. The van der Waals surface area contributed by atoms with Crippen molar-refractivity contribution in [1.82, 2.24) is 4.90 Å². The van der Waals surface area contributed by atoms with E-state index < -0.39 is 0 Å². The van der Waals surface area contributed by atoms with Crippen molar-refractivity contribution in [2.45, 2.75) is 6.10 Å². The molecule has 0 aliphatic carbocycles. The highest BCUT2D eigenvalue weighted by atomic mass is 79.9. The van der Waals surface area contributed by atoms with Crippen LogP contribution in [0.2, 0.25) is 0 Å². The molecule has 1 aromatic carbocycles. The van der Waals surface area contributed by atoms with Gasteiger partial charge in [0.15, 0.2) is 0 Å². The summed E-state index contributed by atoms with van der Waals surface area (Å²) in [4.78, 5) is 13.9. The van der Waals surface area contributed by atoms with Crippen LogP contribution in [0.25, 0.3) is 0 Å². The SMILES string of the molecule is O=C(CN1CCOC(CO)C1)Nc1ccc(Br)cc1. The predicted molar refractivity (Wildman–Crippen MR) is 76.0 cm³/mol. The number of morpholine rings is 1. The first-order valence-electron chi connectivity index (χ1n) is 6.17. The Kier molecular flexibility index (Phi) is 5.33. The number of amides is 1. The van der Waals surface area contributed by atoms with Crippen molar-refractivity contribution < 1.29 is 14.6 Å². The van der Waals surface area contributed by atoms with Gasteiger partial charge in [0.25, 0.3) is 0 Å². The van der Waals surface area contributed by atoms with Gasteiger partial charge in [-0.25, -0.2) is 0 Å². The predicted octanol–water partition coefficient (Wildman–Crippen LogP) is 1.08. The maximum absolute atomic E-state index is 11.9. The molecule has 1 unspecified atom stereocenters. The lowest BCUT2D eigenvalue weighted by atomic mass is 10.2. The van der Waals surface area contributed by atoms with Gasteiger partial charge in [-0.05, 0) is 24.3 Å². The Labute approximate surface area is 120 Å². The van der Waals surface area contributed by atoms with Crippen LogP contribution in [0.5, 0.6) is 0 Å². The van der Waals surface area contributed by atoms with E-state index >= 15 is 0 Å². The second-order valence-corrected chi connectivity index (χ2v) is 5.38. The molecule has 1 fully saturated rings. The zero-order chi connectivity index (χ0) is 13.7. The summed E-state index contributed by atoms with van der Waals surface area (Å²) in [6.07, 6.45) is -0.186. The van der Waals surface area contributed by atoms with Gasteiger partial charge in [0.05, 0.1) is 25.9 Å². The van der Waals surface area contributed by atoms with Gasteiger partial charge in [0.2, 0.25) is 5.91 Å². The minimum atomic E-state index is -0.186. The average molecular weight is 329 g/mol. The first kappa shape index (κ1) is 14.5. The maximum Gasteiger partial charge on any atom is 0.238 e. The fourth-order valence-electron chi connectivity index (χ4n) is 1.97. The van der Waals surface area contributed by atoms with E-state index in [1.54, 1.807) is 0 Å². The summed E-state index contributed by atoms with van der Waals surface area (Å²) < 4.78 is 6.32. The third-order valence-electron chi connectivity index (χ3n) is 2.92. The summed E-state index contributed by atoms with van der Waals surface area (Å²) >= 11 is 3.35. The molecular weight excluding hydrogens is 312 g/mol. The van der Waals surface area contributed by atoms with Gasteiger partial charge in [0.1, 0.15) is 0 Å². The number of aliphatic hydroxyl groups excluding tert-OH is 1. The molecule has 1 heterocycles. The highest BCUT2D eigenvalue weighted by Crippen LogP contribution is 2.14. The standard InChI is InChI=1S/C13H17BrN2O3/c14-10-1-3-11(4-2-10)15-13(18)8-16-5-6-19-12(7-16)9-17/h1-4,12,17H,5-9H2,(H,15,18). The van der Waals surface area contributed by atoms with E-state index in [9.17, 15) is 4.79 Å². The molecule has 0 saturated carbocycles. The Morgan fingerprint density at radius 2 is 2.21 bits per heavy atom. The normalized spacial score (nSPS) is 20.2. The highest BCUT2D eigenvalue weighted by molar-refractivity contribution is 9.10. The van der Waals surface area contributed by atoms with Gasteiger partial charge in [0, 0.05) is 23.2 Å². The van der Waals surface area contributed by atoms with E-state index in [2.05, 4.69) is 21.2 Å². The van der Waals surface area contributed by atoms with Gasteiger partial charge in [-0.15, -0.1) is 0 Å². The third kappa shape index (κ3) is 4.58. The molecule has 5 nitrogen and oxygen atoms in total. The van der Waals surface area contributed by atoms with Crippen molar-refractivity contribution in [2.75, 3.05) is 38.2 Å². The zero-order valence-corrected chi connectivity index (χ0v) is 12.1. The quantitative estimate of drug-likeness (QED) is 0.868. The van der Waals surface area contributed by atoms with Crippen LogP contribution in [-0.4, -0.2) is 54.9 Å². The Balaban J connectivity index is 1.82. The van der Waals surface area contributed by atoms with Crippen molar-refractivity contribution in [1.29, 1.82) is 0 Å². The van der Waals surface area contributed by atoms with Crippen molar-refractivity contribution in [2.24, 2.45) is 0 Å². The Hall–Kier alpha value is -0.950. The molecule has 0 aromatic heterocycles. The number of hydrogen-bond donors (Lipinski definition) is 2. The van der Waals surface area contributed by atoms with Crippen LogP contribution < -0.4 is 5.32 Å². The van der Waals surface area contributed by atoms with E-state index in [0.717, 1.165) is 10.2 Å². The summed E-state index contributed by atoms with van der Waals surface area (Å²) in [5.74, 6) is -0.0547. The summed E-state index contributed by atoms with van der Waals surface area (Å²) in [7, 11) is 0. The lowest BCUT2D eigenvalue weighted by molar-refractivity contribution is -0.120. The van der Waals surface area contributed by atoms with Gasteiger partial charge in [-0.2, -0.15) is 0 Å². The molecule has 19 heavy (non-hydrogen) atoms. The van der Waals surface area contributed by atoms with Crippen LogP contribution in [0, 0.1) is 0 Å². The van der Waals surface area contributed by atoms with E-state index in [0.29, 0.717) is 26.2 Å². The molecule has 104 valence electrons. The number of benzene rings is 1. The number of aliphatic hydroxyl groups is 1. The number of nitrogens with zero attached hydrogens (tertiary/aromatic N) is 1. The van der Waals surface area contributed by atoms with Crippen molar-refractivity contribution in [3.8, 4) is 0 Å². The van der Waals surface area contributed by atoms with E-state index in [1.807, 2.05) is 29.2 Å². The number of anilines is 1. The number of rotatable bonds is 4. The molecule has 0 spiro atoms. The van der Waals surface area contributed by atoms with Crippen LogP contribution >= 0.6 is 15.9 Å². The fourth-order valence-corrected chi connectivity index (χ4v) is 2.24. The molecule has 0 bridgehead atoms. The van der Waals surface area contributed by atoms with Crippen molar-refractivity contribution in [3.63, 3.8) is 0 Å². The summed E-state index contributed by atoms with van der Waals surface area (Å²) in [6.45, 7) is 2.16. The number of ether oxygens (including phenoxy) is 1. The molecule has 6 heteroatoms. The zero-order valence-electron chi connectivity index (χ0n) is 10.5. The minimum Gasteiger partial charge on any atom is -0.394 e. The first-order valence-corrected chi connectivity index (χ1v) is 6.97. The molecule has 1 atom stereocenters. The first-order chi connectivity index (χ1) is 9.17. The second-order valence-electron chi connectivity index (χ2n) is 4.47. The Morgan fingerprint density at radius 3 is 2.89 bits per heavy atom. The Bertz CT molecular complexity index is 424. The molecule has 2 rings (SSSR count). The molecule has 0 radical (unpaired) electrons. The molecule has 1 saturated heterocycles. The van der Waals surface area contributed by atoms with E-state index in [-0.39, 0.29) is 18.6 Å². The van der Waals surface area contributed by atoms with Gasteiger partial charge in [-0.1, -0.05) is 15.9 Å². The molecular formula is C13H17BrN2O3. The van der Waals surface area contributed by atoms with E-state index in [1.165, 1.54) is 0 Å². The van der Waals surface area contributed by atoms with Gasteiger partial charge in [-0.3, -0.25) is 9.69 Å². The monoisotopic (exact) mass is 328 g/mol. The van der Waals surface area contributed by atoms with Crippen molar-refractivity contribution in [3.05, 3.63) is 28.7 Å². The van der Waals surface area contributed by atoms with Gasteiger partial charge < -0.3 is 15.2 Å². The largest absolute Gasteiger partial charge is 0.394 e. The Morgan fingerprint density at radius 1 is 1.47 bits per heavy atom. The summed E-state index contributed by atoms with van der Waals surface area (Å²) in [6, 6.07) is 7.45. The fraction of sp³-hybridized carbons (Fsp3) is 0.462. The summed E-state index contributed by atoms with van der Waals surface area (Å²) in [5.41, 5.74) is 0.778. The lowest BCUT2D eigenvalue weighted by Gasteiger charge is -2.31. The number of nitrogens with one attached hydrogen (secondary N) is 1. The van der Waals surface area contributed by atoms with Crippen LogP contribution in [0.3, 0.4) is 0 Å². The average Bonchev–Trinajstić information content (AvgIpc) is 2.41. The molecule has 2 N–H and O–H groups in total. The summed E-state index contributed by atoms with van der Waals surface area (Å²) in [5, 5.41) is 11.9. The smallest absolute Gasteiger partial charge is 0.238 e. The van der Waals surface area contributed by atoms with Gasteiger partial charge >= 0.3 is 0 Å². The van der Waals surface area contributed by atoms with Crippen LogP contribution in [-0.2, 0) is 9.53 Å². The van der Waals surface area contributed by atoms with Crippen LogP contribution in [0.4, 0.5) is 5.69 Å². The topological polar surface area (TPSA) is 61.8 Å². The maximum atomic E-state index is 11.9. The second kappa shape index (κ2) is 7.00. The minimum absolute atomic E-state index is 0.00910. The van der Waals surface area contributed by atoms with E-state index in [4.69, 9.17) is 9.84 Å². The number of carbonyl (C=O) groups excluding carboxylic acids is 1. The number of halogens is 1. The number of carbonyl (C=O) groups is 1. The lowest BCUT2D eigenvalue weighted by Crippen LogP contribution is -2.46. The molecule has 1 amide bonds. The highest BCUT2D eigenvalue weighted by Gasteiger charge is 2.21. The molecule has 1 aliphatic rings. The molecule has 1 aromatic rings. The third-order valence-corrected chi connectivity index (χ3v) is 3.45. The van der Waals surface area contributed by atoms with Crippen molar-refractivity contribution >= 4 is 27.5 Å².